The largest absolute Gasteiger partial charge is 0.461 e. The SMILES string of the molecule is CCc1c(F)ccc2cccc(-c3ncc4c(N5CCC[C@@](C)(O)C5)nc(OC[C@@]56CCCN5[C@H](COC(=O)N5CCC(CN7CCC(c8ccc9c(c8)n(C)c(=O)n9C8CCC(=O)NC8=O)CC7)CC5)CC6)nc4c3F)c12. The number of β-amino-alcohol motifs (C(OH)–C–C–N with tert-alkyl or cyclic N) is 1. The number of carbonyl (C=O) groups excluding carboxylic acids is 3. The lowest BCUT2D eigenvalue weighted by Gasteiger charge is -2.38. The van der Waals surface area contributed by atoms with Gasteiger partial charge in [-0.05, 0) is 156 Å². The van der Waals surface area contributed by atoms with E-state index in [-0.39, 0.29) is 71.9 Å². The van der Waals surface area contributed by atoms with Crippen LogP contribution in [0, 0.1) is 17.6 Å². The fourth-order valence-corrected chi connectivity index (χ4v) is 14.1. The zero-order valence-electron chi connectivity index (χ0n) is 44.9. The second-order valence-electron chi connectivity index (χ2n) is 23.3. The molecule has 6 fully saturated rings. The molecule has 12 rings (SSSR count). The van der Waals surface area contributed by atoms with Gasteiger partial charge in [-0.3, -0.25) is 33.9 Å². The van der Waals surface area contributed by atoms with Crippen molar-refractivity contribution in [1.29, 1.82) is 0 Å². The Kier molecular flexibility index (Phi) is 14.0. The zero-order chi connectivity index (χ0) is 54.0. The van der Waals surface area contributed by atoms with Gasteiger partial charge in [0.1, 0.15) is 42.1 Å². The summed E-state index contributed by atoms with van der Waals surface area (Å²) >= 11 is 0. The number of aliphatic hydroxyl groups is 1. The normalized spacial score (nSPS) is 24.9. The van der Waals surface area contributed by atoms with Gasteiger partial charge < -0.3 is 29.3 Å². The molecule has 19 heteroatoms. The molecule has 0 radical (unpaired) electrons. The topological polar surface area (TPSA) is 180 Å². The van der Waals surface area contributed by atoms with Crippen LogP contribution in [0.25, 0.3) is 44.0 Å². The molecule has 0 aliphatic carbocycles. The van der Waals surface area contributed by atoms with Crippen molar-refractivity contribution in [1.82, 2.24) is 44.1 Å². The van der Waals surface area contributed by atoms with E-state index in [0.717, 1.165) is 94.9 Å². The molecule has 17 nitrogen and oxygen atoms in total. The number of amides is 3. The smallest absolute Gasteiger partial charge is 0.409 e. The number of pyridine rings is 1. The number of halogens is 2. The number of piperidine rings is 4. The number of carbonyl (C=O) groups is 3. The summed E-state index contributed by atoms with van der Waals surface area (Å²) in [5, 5.41) is 15.3. The fraction of sp³-hybridized carbons (Fsp3) is 0.542. The average Bonchev–Trinajstić information content (AvgIpc) is 4.27. The Morgan fingerprint density at radius 3 is 2.49 bits per heavy atom. The summed E-state index contributed by atoms with van der Waals surface area (Å²) in [6, 6.07) is 14.1. The van der Waals surface area contributed by atoms with E-state index in [0.29, 0.717) is 90.5 Å². The van der Waals surface area contributed by atoms with E-state index in [1.54, 1.807) is 36.9 Å². The lowest BCUT2D eigenvalue weighted by molar-refractivity contribution is -0.135. The van der Waals surface area contributed by atoms with Crippen molar-refractivity contribution in [2.75, 3.05) is 70.5 Å². The molecule has 3 aromatic carbocycles. The third-order valence-corrected chi connectivity index (χ3v) is 18.3. The Labute approximate surface area is 451 Å². The number of hydrogen-bond acceptors (Lipinski definition) is 13. The van der Waals surface area contributed by atoms with E-state index >= 15 is 8.78 Å². The molecule has 0 spiro atoms. The number of imidazole rings is 1. The van der Waals surface area contributed by atoms with E-state index < -0.39 is 23.4 Å². The number of anilines is 1. The number of fused-ring (bicyclic) bond motifs is 4. The minimum absolute atomic E-state index is 0.0292. The Balaban J connectivity index is 0.659. The van der Waals surface area contributed by atoms with Crippen LogP contribution >= 0.6 is 0 Å². The Bertz CT molecular complexity index is 3390. The van der Waals surface area contributed by atoms with Crippen LogP contribution < -0.4 is 20.6 Å². The van der Waals surface area contributed by atoms with E-state index in [1.165, 1.54) is 16.2 Å². The summed E-state index contributed by atoms with van der Waals surface area (Å²) in [5.41, 5.74) is 2.20. The van der Waals surface area contributed by atoms with Crippen molar-refractivity contribution in [3.63, 3.8) is 0 Å². The number of aryl methyl sites for hydroxylation is 2. The van der Waals surface area contributed by atoms with Crippen molar-refractivity contribution in [2.24, 2.45) is 13.0 Å². The van der Waals surface area contributed by atoms with Gasteiger partial charge in [0.25, 0.3) is 0 Å². The molecule has 78 heavy (non-hydrogen) atoms. The number of hydrogen-bond donors (Lipinski definition) is 2. The number of imide groups is 1. The van der Waals surface area contributed by atoms with Crippen LogP contribution in [-0.2, 0) is 27.8 Å². The number of nitrogens with zero attached hydrogens (tertiary/aromatic N) is 9. The summed E-state index contributed by atoms with van der Waals surface area (Å²) < 4.78 is 48.2. The summed E-state index contributed by atoms with van der Waals surface area (Å²) in [5.74, 6) is -0.460. The molecule has 2 N–H and O–H groups in total. The fourth-order valence-electron chi connectivity index (χ4n) is 14.1. The van der Waals surface area contributed by atoms with E-state index in [2.05, 4.69) is 32.2 Å². The molecule has 6 aliphatic heterocycles. The first-order chi connectivity index (χ1) is 37.7. The molecule has 412 valence electrons. The molecule has 6 aliphatic rings. The van der Waals surface area contributed by atoms with Gasteiger partial charge >= 0.3 is 17.8 Å². The van der Waals surface area contributed by atoms with Gasteiger partial charge in [0.05, 0.1) is 27.6 Å². The molecule has 9 heterocycles. The van der Waals surface area contributed by atoms with Gasteiger partial charge in [0.15, 0.2) is 5.82 Å². The van der Waals surface area contributed by atoms with Crippen LogP contribution in [0.3, 0.4) is 0 Å². The van der Waals surface area contributed by atoms with Crippen LogP contribution in [0.5, 0.6) is 6.01 Å². The first kappa shape index (κ1) is 52.1. The lowest BCUT2D eigenvalue weighted by Crippen LogP contribution is -2.49. The monoisotopic (exact) mass is 1070 g/mol. The molecule has 1 unspecified atom stereocenters. The van der Waals surface area contributed by atoms with Gasteiger partial charge in [0, 0.05) is 64.0 Å². The first-order valence-corrected chi connectivity index (χ1v) is 28.3. The maximum absolute atomic E-state index is 17.2. The molecular weight excluding hydrogens is 999 g/mol. The van der Waals surface area contributed by atoms with Crippen molar-refractivity contribution < 1.29 is 37.7 Å². The summed E-state index contributed by atoms with van der Waals surface area (Å²) in [4.78, 5) is 74.5. The number of rotatable bonds is 12. The van der Waals surface area contributed by atoms with E-state index in [9.17, 15) is 24.3 Å². The number of nitrogens with one attached hydrogen (secondary N) is 1. The molecule has 0 bridgehead atoms. The van der Waals surface area contributed by atoms with Gasteiger partial charge in [-0.25, -0.2) is 18.4 Å². The van der Waals surface area contributed by atoms with Crippen LogP contribution in [-0.4, -0.2) is 145 Å². The molecule has 4 atom stereocenters. The number of ether oxygens (including phenoxy) is 2. The highest BCUT2D eigenvalue weighted by atomic mass is 19.1. The van der Waals surface area contributed by atoms with Gasteiger partial charge in [0.2, 0.25) is 11.8 Å². The predicted octanol–water partition coefficient (Wildman–Crippen LogP) is 7.77. The van der Waals surface area contributed by atoms with Crippen LogP contribution in [0.2, 0.25) is 0 Å². The van der Waals surface area contributed by atoms with Crippen LogP contribution in [0.1, 0.15) is 114 Å². The van der Waals surface area contributed by atoms with Crippen LogP contribution in [0.4, 0.5) is 19.4 Å². The molecular formula is C59H70F2N10O7. The first-order valence-electron chi connectivity index (χ1n) is 28.3. The van der Waals surface area contributed by atoms with Crippen molar-refractivity contribution in [3.8, 4) is 17.3 Å². The summed E-state index contributed by atoms with van der Waals surface area (Å²) in [6.07, 6.45) is 10.9. The molecule has 0 saturated carbocycles. The minimum Gasteiger partial charge on any atom is -0.461 e. The third kappa shape index (κ3) is 9.66. The average molecular weight is 1070 g/mol. The summed E-state index contributed by atoms with van der Waals surface area (Å²) in [7, 11) is 1.74. The zero-order valence-corrected chi connectivity index (χ0v) is 44.9. The third-order valence-electron chi connectivity index (χ3n) is 18.3. The van der Waals surface area contributed by atoms with Crippen molar-refractivity contribution >= 4 is 56.4 Å². The summed E-state index contributed by atoms with van der Waals surface area (Å²) in [6.45, 7) is 10.2. The Morgan fingerprint density at radius 2 is 1.71 bits per heavy atom. The van der Waals surface area contributed by atoms with Gasteiger partial charge in [-0.15, -0.1) is 0 Å². The maximum atomic E-state index is 17.2. The highest BCUT2D eigenvalue weighted by molar-refractivity contribution is 6.01. The van der Waals surface area contributed by atoms with Crippen molar-refractivity contribution in [2.45, 2.75) is 126 Å². The Morgan fingerprint density at radius 1 is 0.897 bits per heavy atom. The highest BCUT2D eigenvalue weighted by Gasteiger charge is 2.50. The van der Waals surface area contributed by atoms with Gasteiger partial charge in [-0.2, -0.15) is 9.97 Å². The minimum atomic E-state index is -0.973. The predicted molar refractivity (Wildman–Crippen MR) is 291 cm³/mol. The quantitative estimate of drug-likeness (QED) is 0.114. The number of benzene rings is 3. The molecule has 3 aromatic heterocycles. The standard InChI is InChI=1S/C59H70F2N10O7/c1-4-41-44(60)12-10-38-8-5-9-42(49(38)41)51-50(61)52-43(31-62-51)53(69-24-6-21-58(2,76)34-69)65-55(64-52)78-35-59-22-7-25-70(59)40(16-23-59)33-77-57(75)68-28-17-36(18-29-68)32-67-26-19-37(20-27-67)39-11-13-45-47(30-39)66(3)56(74)71(45)46-14-15-48(72)63-54(46)73/h5,8-13,30-31,36-37,40,46,76H,4,6-7,14-29,32-35H2,1-3H3,(H,63,72,73)/t40-,46?,58+,59-/m0/s1. The molecule has 6 saturated heterocycles. The number of likely N-dealkylation sites (tertiary alicyclic amines) is 2. The lowest BCUT2D eigenvalue weighted by atomic mass is 9.88. The van der Waals surface area contributed by atoms with E-state index in [4.69, 9.17) is 19.4 Å². The van der Waals surface area contributed by atoms with Gasteiger partial charge in [-0.1, -0.05) is 37.3 Å². The second-order valence-corrected chi connectivity index (χ2v) is 23.3. The second kappa shape index (κ2) is 20.9. The Hall–Kier alpha value is -6.57. The van der Waals surface area contributed by atoms with E-state index in [1.807, 2.05) is 34.9 Å². The highest BCUT2D eigenvalue weighted by Crippen LogP contribution is 2.44. The number of aromatic nitrogens is 5. The molecule has 3 amide bonds. The maximum Gasteiger partial charge on any atom is 0.409 e. The van der Waals surface area contributed by atoms with Crippen LogP contribution in [0.15, 0.2) is 59.5 Å². The molecule has 6 aromatic rings. The van der Waals surface area contributed by atoms with Crippen molar-refractivity contribution in [3.05, 3.63) is 88.0 Å².